The van der Waals surface area contributed by atoms with E-state index in [0.717, 1.165) is 37.2 Å². The minimum absolute atomic E-state index is 0.293. The predicted molar refractivity (Wildman–Crippen MR) is 135 cm³/mol. The molecule has 0 spiro atoms. The van der Waals surface area contributed by atoms with Crippen molar-refractivity contribution in [1.82, 2.24) is 4.67 Å². The molecule has 2 aliphatic rings. The third kappa shape index (κ3) is 11.3. The Morgan fingerprint density at radius 2 is 1.29 bits per heavy atom. The fraction of sp³-hybridized carbons (Fsp3) is 0.885. The fourth-order valence-electron chi connectivity index (χ4n) is 4.71. The van der Waals surface area contributed by atoms with Gasteiger partial charge < -0.3 is 23.3 Å². The molecule has 4 atom stereocenters. The number of ether oxygens (including phenoxy) is 3. The van der Waals surface area contributed by atoms with E-state index < -0.39 is 8.53 Å². The number of nitrogens with zero attached hydrogens (tertiary/aromatic N) is 2. The molecule has 2 unspecified atom stereocenters. The minimum atomic E-state index is -1.21. The Balaban J connectivity index is 1.43. The zero-order valence-electron chi connectivity index (χ0n) is 21.7. The summed E-state index contributed by atoms with van der Waals surface area (Å²) in [5.74, 6) is 9.19. The van der Waals surface area contributed by atoms with Crippen molar-refractivity contribution < 1.29 is 23.3 Å². The summed E-state index contributed by atoms with van der Waals surface area (Å²) >= 11 is 0. The molecule has 0 N–H and O–H groups in total. The Bertz CT molecular complexity index is 619. The van der Waals surface area contributed by atoms with Crippen molar-refractivity contribution in [3.05, 3.63) is 0 Å². The molecular formula is C26H45N2O5P. The van der Waals surface area contributed by atoms with Crippen molar-refractivity contribution in [2.45, 2.75) is 78.3 Å². The highest BCUT2D eigenvalue weighted by Gasteiger charge is 2.47. The average Bonchev–Trinajstić information content (AvgIpc) is 3.42. The van der Waals surface area contributed by atoms with Crippen molar-refractivity contribution in [2.24, 2.45) is 17.8 Å². The quantitative estimate of drug-likeness (QED) is 0.139. The van der Waals surface area contributed by atoms with Crippen molar-refractivity contribution in [3.8, 4) is 17.9 Å². The smallest absolute Gasteiger partial charge is 0.259 e. The van der Waals surface area contributed by atoms with E-state index in [1.807, 2.05) is 0 Å². The van der Waals surface area contributed by atoms with E-state index >= 15 is 0 Å². The number of nitriles is 1. The lowest BCUT2D eigenvalue weighted by molar-refractivity contribution is 0.00715. The minimum Gasteiger partial charge on any atom is -0.379 e. The molecule has 1 fully saturated rings. The number of fused-ring (bicyclic) bond motifs is 1. The largest absolute Gasteiger partial charge is 0.379 e. The summed E-state index contributed by atoms with van der Waals surface area (Å²) < 4.78 is 31.1. The fourth-order valence-corrected chi connectivity index (χ4v) is 6.29. The molecular weight excluding hydrogens is 451 g/mol. The summed E-state index contributed by atoms with van der Waals surface area (Å²) in [6, 6.07) is 2.70. The molecule has 0 aromatic rings. The Kier molecular flexibility index (Phi) is 15.3. The van der Waals surface area contributed by atoms with Crippen molar-refractivity contribution in [2.75, 3.05) is 52.9 Å². The van der Waals surface area contributed by atoms with Crippen LogP contribution in [0.1, 0.15) is 66.2 Å². The van der Waals surface area contributed by atoms with Gasteiger partial charge in [-0.05, 0) is 64.7 Å². The van der Waals surface area contributed by atoms with Crippen molar-refractivity contribution >= 4 is 8.53 Å². The standard InChI is InChI=1S/C26H45N2O5P/c1-22(2)28(23(3)4)34(32-14-9-13-27)33-21-20-31-19-18-30-17-16-29-15-12-26-24-10-7-5-6-8-11-25(24)26/h22-26H,7-12,14-21H2,1-4H3/t24-,25+,26?,34?. The van der Waals surface area contributed by atoms with Gasteiger partial charge in [-0.2, -0.15) is 5.26 Å². The van der Waals surface area contributed by atoms with Gasteiger partial charge in [-0.15, -0.1) is 11.8 Å². The van der Waals surface area contributed by atoms with Gasteiger partial charge >= 0.3 is 0 Å². The molecule has 194 valence electrons. The zero-order chi connectivity index (χ0) is 24.6. The van der Waals surface area contributed by atoms with Gasteiger partial charge in [0, 0.05) is 31.5 Å². The second-order valence-electron chi connectivity index (χ2n) is 9.43. The van der Waals surface area contributed by atoms with Gasteiger partial charge in [0.25, 0.3) is 8.53 Å². The summed E-state index contributed by atoms with van der Waals surface area (Å²) in [4.78, 5) is 0. The first-order valence-electron chi connectivity index (χ1n) is 13.0. The summed E-state index contributed by atoms with van der Waals surface area (Å²) in [5.41, 5.74) is 0. The number of rotatable bonds is 19. The molecule has 0 heterocycles. The van der Waals surface area contributed by atoms with Crippen LogP contribution < -0.4 is 0 Å². The topological polar surface area (TPSA) is 73.2 Å². The van der Waals surface area contributed by atoms with E-state index in [2.05, 4.69) is 50.3 Å². The van der Waals surface area contributed by atoms with E-state index in [4.69, 9.17) is 28.5 Å². The second-order valence-corrected chi connectivity index (χ2v) is 10.9. The van der Waals surface area contributed by atoms with Crippen LogP contribution in [0.2, 0.25) is 0 Å². The molecule has 2 aliphatic carbocycles. The predicted octanol–water partition coefficient (Wildman–Crippen LogP) is 5.16. The van der Waals surface area contributed by atoms with Crippen molar-refractivity contribution in [1.29, 1.82) is 5.26 Å². The first-order chi connectivity index (χ1) is 16.6. The molecule has 0 radical (unpaired) electrons. The molecule has 0 bridgehead atoms. The molecule has 8 heteroatoms. The van der Waals surface area contributed by atoms with E-state index in [1.165, 1.54) is 19.3 Å². The van der Waals surface area contributed by atoms with Crippen LogP contribution in [0.25, 0.3) is 0 Å². The molecule has 0 aromatic carbocycles. The lowest BCUT2D eigenvalue weighted by Crippen LogP contribution is -2.34. The van der Waals surface area contributed by atoms with E-state index in [-0.39, 0.29) is 0 Å². The molecule has 0 aromatic heterocycles. The monoisotopic (exact) mass is 496 g/mol. The second kappa shape index (κ2) is 17.6. The number of hydrogen-bond acceptors (Lipinski definition) is 7. The lowest BCUT2D eigenvalue weighted by atomic mass is 10.1. The Morgan fingerprint density at radius 1 is 0.794 bits per heavy atom. The van der Waals surface area contributed by atoms with Crippen LogP contribution >= 0.6 is 8.53 Å². The van der Waals surface area contributed by atoms with Crippen LogP contribution in [0.4, 0.5) is 0 Å². The summed E-state index contributed by atoms with van der Waals surface area (Å²) in [6.07, 6.45) is 6.24. The van der Waals surface area contributed by atoms with Gasteiger partial charge in [-0.25, -0.2) is 4.67 Å². The van der Waals surface area contributed by atoms with Crippen LogP contribution in [0.3, 0.4) is 0 Å². The maximum atomic E-state index is 8.77. The zero-order valence-corrected chi connectivity index (χ0v) is 22.6. The molecule has 1 saturated carbocycles. The average molecular weight is 497 g/mol. The molecule has 0 amide bonds. The van der Waals surface area contributed by atoms with Crippen LogP contribution in [0.5, 0.6) is 0 Å². The Morgan fingerprint density at radius 3 is 1.82 bits per heavy atom. The van der Waals surface area contributed by atoms with Crippen LogP contribution in [0.15, 0.2) is 0 Å². The summed E-state index contributed by atoms with van der Waals surface area (Å²) in [7, 11) is -1.21. The van der Waals surface area contributed by atoms with Crippen LogP contribution in [-0.2, 0) is 23.3 Å². The first kappa shape index (κ1) is 29.5. The normalized spacial score (nSPS) is 22.6. The number of hydrogen-bond donors (Lipinski definition) is 0. The van der Waals surface area contributed by atoms with Gasteiger partial charge in [0.15, 0.2) is 0 Å². The van der Waals surface area contributed by atoms with Gasteiger partial charge in [-0.3, -0.25) is 0 Å². The SMILES string of the molecule is CC(C)N(C(C)C)P(OCCC#N)OCCOCCOCCOCCC1[C@H]2CCC#CCC[C@@H]12. The summed E-state index contributed by atoms with van der Waals surface area (Å²) in [5, 5.41) is 8.77. The van der Waals surface area contributed by atoms with Crippen LogP contribution in [0, 0.1) is 40.9 Å². The van der Waals surface area contributed by atoms with Gasteiger partial charge in [0.2, 0.25) is 0 Å². The van der Waals surface area contributed by atoms with Crippen molar-refractivity contribution in [3.63, 3.8) is 0 Å². The molecule has 7 nitrogen and oxygen atoms in total. The molecule has 34 heavy (non-hydrogen) atoms. The molecule has 2 rings (SSSR count). The molecule has 0 aliphatic heterocycles. The highest BCUT2D eigenvalue weighted by atomic mass is 31.2. The van der Waals surface area contributed by atoms with Gasteiger partial charge in [0.05, 0.1) is 58.7 Å². The third-order valence-corrected chi connectivity index (χ3v) is 8.38. The van der Waals surface area contributed by atoms with Gasteiger partial charge in [0.1, 0.15) is 0 Å². The lowest BCUT2D eigenvalue weighted by Gasteiger charge is -2.35. The highest BCUT2D eigenvalue weighted by molar-refractivity contribution is 7.44. The Labute approximate surface area is 208 Å². The van der Waals surface area contributed by atoms with E-state index in [1.54, 1.807) is 0 Å². The highest BCUT2D eigenvalue weighted by Crippen LogP contribution is 2.54. The van der Waals surface area contributed by atoms with Gasteiger partial charge in [-0.1, -0.05) is 0 Å². The van der Waals surface area contributed by atoms with Crippen LogP contribution in [-0.4, -0.2) is 69.6 Å². The van der Waals surface area contributed by atoms with E-state index in [9.17, 15) is 0 Å². The maximum Gasteiger partial charge on any atom is 0.259 e. The Hall–Kier alpha value is -0.760. The first-order valence-corrected chi connectivity index (χ1v) is 14.1. The molecule has 0 saturated heterocycles. The van der Waals surface area contributed by atoms with E-state index in [0.29, 0.717) is 64.8 Å². The maximum absolute atomic E-state index is 8.77. The summed E-state index contributed by atoms with van der Waals surface area (Å²) in [6.45, 7) is 13.0. The third-order valence-electron chi connectivity index (χ3n) is 6.27.